The van der Waals surface area contributed by atoms with Crippen LogP contribution in [0.25, 0.3) is 0 Å². The first-order valence-electron chi connectivity index (χ1n) is 34.6. The first kappa shape index (κ1) is 76.6. The highest BCUT2D eigenvalue weighted by molar-refractivity contribution is 5.71. The Bertz CT molecular complexity index is 1520. The van der Waals surface area contributed by atoms with E-state index in [0.29, 0.717) is 19.3 Å². The van der Waals surface area contributed by atoms with Crippen molar-refractivity contribution < 1.29 is 28.6 Å². The smallest absolute Gasteiger partial charge is 0.306 e. The van der Waals surface area contributed by atoms with E-state index in [9.17, 15) is 14.4 Å². The Morgan fingerprint density at radius 1 is 0.263 bits per heavy atom. The molecule has 80 heavy (non-hydrogen) atoms. The van der Waals surface area contributed by atoms with Crippen molar-refractivity contribution in [2.45, 2.75) is 354 Å². The molecule has 1 unspecified atom stereocenters. The number of carbonyl (C=O) groups excluding carboxylic acids is 3. The van der Waals surface area contributed by atoms with Gasteiger partial charge >= 0.3 is 17.9 Å². The number of hydrogen-bond acceptors (Lipinski definition) is 6. The Labute approximate surface area is 496 Å². The molecule has 0 saturated heterocycles. The molecule has 0 saturated carbocycles. The van der Waals surface area contributed by atoms with E-state index in [1.54, 1.807) is 0 Å². The highest BCUT2D eigenvalue weighted by Gasteiger charge is 2.19. The van der Waals surface area contributed by atoms with Crippen molar-refractivity contribution in [1.82, 2.24) is 0 Å². The molecule has 0 aromatic rings. The Kier molecular flexibility index (Phi) is 65.2. The number of allylic oxidation sites excluding steroid dienone is 14. The van der Waals surface area contributed by atoms with Crippen LogP contribution in [0.2, 0.25) is 0 Å². The quantitative estimate of drug-likeness (QED) is 0.0261. The lowest BCUT2D eigenvalue weighted by Gasteiger charge is -2.18. The van der Waals surface area contributed by atoms with Crippen LogP contribution in [0, 0.1) is 0 Å². The molecule has 0 aliphatic heterocycles. The van der Waals surface area contributed by atoms with Gasteiger partial charge in [0.2, 0.25) is 0 Å². The van der Waals surface area contributed by atoms with Gasteiger partial charge in [-0.05, 0) is 96.3 Å². The number of esters is 3. The molecule has 0 spiro atoms. The summed E-state index contributed by atoms with van der Waals surface area (Å²) in [6, 6.07) is 0. The minimum Gasteiger partial charge on any atom is -0.462 e. The second kappa shape index (κ2) is 68.1. The molecule has 6 nitrogen and oxygen atoms in total. The van der Waals surface area contributed by atoms with Crippen LogP contribution >= 0.6 is 0 Å². The molecule has 0 aromatic heterocycles. The number of ether oxygens (including phenoxy) is 3. The molecular weight excluding hydrogens is 985 g/mol. The fourth-order valence-corrected chi connectivity index (χ4v) is 9.97. The van der Waals surface area contributed by atoms with Crippen molar-refractivity contribution in [2.75, 3.05) is 13.2 Å². The van der Waals surface area contributed by atoms with Gasteiger partial charge in [0.25, 0.3) is 0 Å². The third-order valence-corrected chi connectivity index (χ3v) is 15.1. The summed E-state index contributed by atoms with van der Waals surface area (Å²) < 4.78 is 16.8. The Hall–Kier alpha value is -3.41. The number of rotatable bonds is 63. The van der Waals surface area contributed by atoms with Gasteiger partial charge in [0.05, 0.1) is 0 Å². The fraction of sp³-hybridized carbons (Fsp3) is 0.770. The molecule has 0 aliphatic carbocycles. The highest BCUT2D eigenvalue weighted by atomic mass is 16.6. The zero-order chi connectivity index (χ0) is 57.8. The van der Waals surface area contributed by atoms with E-state index < -0.39 is 6.10 Å². The molecule has 0 fully saturated rings. The zero-order valence-corrected chi connectivity index (χ0v) is 53.1. The van der Waals surface area contributed by atoms with Crippen molar-refractivity contribution in [2.24, 2.45) is 0 Å². The van der Waals surface area contributed by atoms with Gasteiger partial charge in [-0.25, -0.2) is 0 Å². The lowest BCUT2D eigenvalue weighted by Crippen LogP contribution is -2.30. The van der Waals surface area contributed by atoms with Gasteiger partial charge in [-0.3, -0.25) is 14.4 Å². The summed E-state index contributed by atoms with van der Waals surface area (Å²) in [5.41, 5.74) is 0. The normalized spacial score (nSPS) is 12.6. The molecule has 1 atom stereocenters. The molecule has 0 radical (unpaired) electrons. The average molecular weight is 1120 g/mol. The maximum absolute atomic E-state index is 12.9. The first-order valence-corrected chi connectivity index (χ1v) is 34.6. The molecule has 0 heterocycles. The predicted octanol–water partition coefficient (Wildman–Crippen LogP) is 23.8. The van der Waals surface area contributed by atoms with Gasteiger partial charge in [-0.1, -0.05) is 318 Å². The van der Waals surface area contributed by atoms with Crippen LogP contribution in [-0.2, 0) is 28.6 Å². The minimum atomic E-state index is -0.774. The van der Waals surface area contributed by atoms with Crippen molar-refractivity contribution in [3.8, 4) is 0 Å². The summed E-state index contributed by atoms with van der Waals surface area (Å²) in [6.45, 7) is 6.49. The summed E-state index contributed by atoms with van der Waals surface area (Å²) in [7, 11) is 0. The molecule has 0 bridgehead atoms. The SMILES string of the molecule is CC/C=C\C/C=C\C/C=C\C/C=C\CCCCCCCCCCCCCCC(=O)OC(COC(=O)CCCCCCCC)COC(=O)CCCCCCCCCCCCCCCCCC/C=C\C/C=C\C/C=C\CCCCCCC. The minimum absolute atomic E-state index is 0.0737. The van der Waals surface area contributed by atoms with Gasteiger partial charge in [0.1, 0.15) is 13.2 Å². The molecular formula is C74H130O6. The van der Waals surface area contributed by atoms with Crippen molar-refractivity contribution in [1.29, 1.82) is 0 Å². The van der Waals surface area contributed by atoms with Crippen LogP contribution in [0.4, 0.5) is 0 Å². The third kappa shape index (κ3) is 65.4. The highest BCUT2D eigenvalue weighted by Crippen LogP contribution is 2.17. The first-order chi connectivity index (χ1) is 39.5. The van der Waals surface area contributed by atoms with Crippen molar-refractivity contribution >= 4 is 17.9 Å². The van der Waals surface area contributed by atoms with Gasteiger partial charge in [-0.2, -0.15) is 0 Å². The molecule has 0 amide bonds. The predicted molar refractivity (Wildman–Crippen MR) is 348 cm³/mol. The van der Waals surface area contributed by atoms with Crippen molar-refractivity contribution in [3.63, 3.8) is 0 Å². The second-order valence-corrected chi connectivity index (χ2v) is 23.1. The van der Waals surface area contributed by atoms with E-state index >= 15 is 0 Å². The number of hydrogen-bond donors (Lipinski definition) is 0. The maximum atomic E-state index is 12.9. The van der Waals surface area contributed by atoms with Gasteiger partial charge in [-0.15, -0.1) is 0 Å². The van der Waals surface area contributed by atoms with E-state index in [2.05, 4.69) is 106 Å². The largest absolute Gasteiger partial charge is 0.462 e. The second-order valence-electron chi connectivity index (χ2n) is 23.1. The summed E-state index contributed by atoms with van der Waals surface area (Å²) >= 11 is 0. The standard InChI is InChI=1S/C74H130O6/c1-4-7-10-13-16-18-20-22-24-26-28-30-32-34-35-36-37-38-39-41-42-44-46-48-50-52-54-56-58-61-64-67-73(76)79-70-71(69-78-72(75)66-63-60-15-12-9-6-3)80-74(77)68-65-62-59-57-55-53-51-49-47-45-43-40-33-31-29-27-25-23-21-19-17-14-11-8-5-2/h8,11,17,19-20,22-23,25-26,28-29,31-32,34,71H,4-7,9-10,12-16,18,21,24,27,30,33,35-70H2,1-3H3/b11-8-,19-17-,22-20-,25-23-,28-26-,31-29-,34-32-. The Morgan fingerprint density at radius 2 is 0.487 bits per heavy atom. The summed E-state index contributed by atoms with van der Waals surface area (Å²) in [6.07, 6.45) is 90.8. The van der Waals surface area contributed by atoms with Crippen LogP contribution in [0.15, 0.2) is 85.1 Å². The maximum Gasteiger partial charge on any atom is 0.306 e. The molecule has 6 heteroatoms. The third-order valence-electron chi connectivity index (χ3n) is 15.1. The zero-order valence-electron chi connectivity index (χ0n) is 53.1. The molecule has 0 rings (SSSR count). The van der Waals surface area contributed by atoms with Crippen LogP contribution in [0.5, 0.6) is 0 Å². The van der Waals surface area contributed by atoms with Crippen LogP contribution in [0.3, 0.4) is 0 Å². The monoisotopic (exact) mass is 1110 g/mol. The van der Waals surface area contributed by atoms with Crippen molar-refractivity contribution in [3.05, 3.63) is 85.1 Å². The van der Waals surface area contributed by atoms with Gasteiger partial charge < -0.3 is 14.2 Å². The van der Waals surface area contributed by atoms with E-state index in [1.807, 2.05) is 0 Å². The lowest BCUT2D eigenvalue weighted by atomic mass is 10.0. The molecule has 0 aliphatic rings. The van der Waals surface area contributed by atoms with Crippen LogP contribution in [-0.4, -0.2) is 37.2 Å². The Balaban J connectivity index is 4.01. The van der Waals surface area contributed by atoms with Gasteiger partial charge in [0.15, 0.2) is 6.10 Å². The number of unbranched alkanes of at least 4 members (excludes halogenated alkanes) is 38. The van der Waals surface area contributed by atoms with E-state index in [4.69, 9.17) is 14.2 Å². The van der Waals surface area contributed by atoms with E-state index in [1.165, 1.54) is 212 Å². The molecule has 0 aromatic carbocycles. The lowest BCUT2D eigenvalue weighted by molar-refractivity contribution is -0.167. The van der Waals surface area contributed by atoms with E-state index in [-0.39, 0.29) is 31.1 Å². The van der Waals surface area contributed by atoms with E-state index in [0.717, 1.165) is 96.3 Å². The van der Waals surface area contributed by atoms with Crippen LogP contribution < -0.4 is 0 Å². The summed E-state index contributed by atoms with van der Waals surface area (Å²) in [5.74, 6) is -0.871. The molecule has 462 valence electrons. The van der Waals surface area contributed by atoms with Gasteiger partial charge in [0, 0.05) is 19.3 Å². The fourth-order valence-electron chi connectivity index (χ4n) is 9.97. The molecule has 0 N–H and O–H groups in total. The summed E-state index contributed by atoms with van der Waals surface area (Å²) in [4.78, 5) is 38.1. The summed E-state index contributed by atoms with van der Waals surface area (Å²) in [5, 5.41) is 0. The Morgan fingerprint density at radius 3 is 0.762 bits per heavy atom. The number of carbonyl (C=O) groups is 3. The average Bonchev–Trinajstić information content (AvgIpc) is 3.46. The topological polar surface area (TPSA) is 78.9 Å². The van der Waals surface area contributed by atoms with Crippen LogP contribution in [0.1, 0.15) is 348 Å².